The van der Waals surface area contributed by atoms with E-state index in [1.165, 1.54) is 37.4 Å². The third-order valence-corrected chi connectivity index (χ3v) is 9.95. The van der Waals surface area contributed by atoms with Gasteiger partial charge in [0.05, 0.1) is 29.3 Å². The summed E-state index contributed by atoms with van der Waals surface area (Å²) in [7, 11) is 1.52. The number of H-pyrrole nitrogens is 1. The van der Waals surface area contributed by atoms with Crippen LogP contribution in [0.4, 0.5) is 24.5 Å². The second-order valence-corrected chi connectivity index (χ2v) is 12.6. The smallest absolute Gasteiger partial charge is 0.418 e. The minimum atomic E-state index is -4.83. The Morgan fingerprint density at radius 1 is 1.04 bits per heavy atom. The first-order valence-corrected chi connectivity index (χ1v) is 15.3. The molecule has 0 radical (unpaired) electrons. The number of carbonyl (C=O) groups is 3. The van der Waals surface area contributed by atoms with Gasteiger partial charge in [0.25, 0.3) is 5.91 Å². The van der Waals surface area contributed by atoms with Crippen molar-refractivity contribution >= 4 is 63.8 Å². The number of hydrogen-bond donors (Lipinski definition) is 2. The Kier molecular flexibility index (Phi) is 8.14. The van der Waals surface area contributed by atoms with E-state index in [-0.39, 0.29) is 10.8 Å². The summed E-state index contributed by atoms with van der Waals surface area (Å²) in [4.78, 5) is 56.2. The van der Waals surface area contributed by atoms with Gasteiger partial charge in [-0.2, -0.15) is 13.2 Å². The maximum absolute atomic E-state index is 14.0. The lowest BCUT2D eigenvalue weighted by molar-refractivity contribution is -0.137. The number of imide groups is 1. The minimum absolute atomic E-state index is 0.140. The van der Waals surface area contributed by atoms with Gasteiger partial charge in [0.1, 0.15) is 16.7 Å². The fourth-order valence-electron chi connectivity index (χ4n) is 5.41. The van der Waals surface area contributed by atoms with E-state index in [9.17, 15) is 32.3 Å². The number of thiazole rings is 1. The highest BCUT2D eigenvalue weighted by Crippen LogP contribution is 2.55. The summed E-state index contributed by atoms with van der Waals surface area (Å²) in [5, 5.41) is 2.08. The molecule has 0 unspecified atom stereocenters. The molecule has 0 saturated carbocycles. The molecule has 6 rings (SSSR count). The molecular weight excluding hydrogens is 655 g/mol. The van der Waals surface area contributed by atoms with Gasteiger partial charge >= 0.3 is 11.0 Å². The summed E-state index contributed by atoms with van der Waals surface area (Å²) in [6, 6.07) is 15.5. The first-order valence-electron chi connectivity index (χ1n) is 13.3. The summed E-state index contributed by atoms with van der Waals surface area (Å²) in [6.07, 6.45) is -4.83. The SMILES string of the molecule is COc1ccc(NC(=O)COc2ccc(Cl)cc2[C@@H]2c3sc(=O)[nH]c3S[C@H]3C(=O)N(c4ccccc4C(F)(F)F)C(=O)[C@@H]23)cc1. The number of nitrogens with zero attached hydrogens (tertiary/aromatic N) is 1. The summed E-state index contributed by atoms with van der Waals surface area (Å²) in [5.41, 5.74) is -0.935. The largest absolute Gasteiger partial charge is 0.497 e. The molecule has 3 amide bonds. The number of rotatable bonds is 7. The molecule has 3 heterocycles. The van der Waals surface area contributed by atoms with Crippen LogP contribution in [0.1, 0.15) is 21.9 Å². The molecule has 2 aliphatic heterocycles. The molecule has 3 atom stereocenters. The third kappa shape index (κ3) is 5.80. The Balaban J connectivity index is 1.36. The number of aromatic amines is 1. The van der Waals surface area contributed by atoms with E-state index in [0.717, 1.165) is 35.2 Å². The fraction of sp³-hybridized carbons (Fsp3) is 0.200. The van der Waals surface area contributed by atoms with Crippen LogP contribution < -0.4 is 24.6 Å². The quantitative estimate of drug-likeness (QED) is 0.233. The zero-order chi connectivity index (χ0) is 32.0. The number of ether oxygens (including phenoxy) is 2. The van der Waals surface area contributed by atoms with Crippen LogP contribution >= 0.6 is 34.7 Å². The van der Waals surface area contributed by atoms with Gasteiger partial charge in [-0.1, -0.05) is 46.8 Å². The summed E-state index contributed by atoms with van der Waals surface area (Å²) < 4.78 is 52.8. The average Bonchev–Trinajstić information content (AvgIpc) is 3.50. The van der Waals surface area contributed by atoms with Crippen LogP contribution in [0, 0.1) is 5.92 Å². The number of methoxy groups -OCH3 is 1. The Bertz CT molecular complexity index is 1880. The van der Waals surface area contributed by atoms with Gasteiger partial charge in [-0.3, -0.25) is 19.2 Å². The van der Waals surface area contributed by atoms with E-state index >= 15 is 0 Å². The second-order valence-electron chi connectivity index (χ2n) is 10.0. The molecule has 2 aliphatic rings. The van der Waals surface area contributed by atoms with E-state index in [4.69, 9.17) is 21.1 Å². The third-order valence-electron chi connectivity index (χ3n) is 7.31. The number of benzene rings is 3. The molecule has 232 valence electrons. The number of anilines is 2. The average molecular weight is 676 g/mol. The van der Waals surface area contributed by atoms with Crippen molar-refractivity contribution in [2.75, 3.05) is 23.9 Å². The van der Waals surface area contributed by atoms with Crippen molar-refractivity contribution in [2.24, 2.45) is 5.92 Å². The highest BCUT2D eigenvalue weighted by Gasteiger charge is 2.57. The molecule has 1 saturated heterocycles. The van der Waals surface area contributed by atoms with Crippen LogP contribution in [0.15, 0.2) is 76.6 Å². The number of halogens is 4. The molecule has 0 aliphatic carbocycles. The van der Waals surface area contributed by atoms with E-state index in [1.807, 2.05) is 0 Å². The number of alkyl halides is 3. The normalized spacial score (nSPS) is 19.2. The highest BCUT2D eigenvalue weighted by molar-refractivity contribution is 8.00. The number of hydrogen-bond acceptors (Lipinski definition) is 8. The molecule has 45 heavy (non-hydrogen) atoms. The van der Waals surface area contributed by atoms with Crippen molar-refractivity contribution in [2.45, 2.75) is 22.4 Å². The van der Waals surface area contributed by atoms with Gasteiger partial charge in [0.15, 0.2) is 6.61 Å². The maximum Gasteiger partial charge on any atom is 0.418 e. The van der Waals surface area contributed by atoms with Crippen LogP contribution in [0.25, 0.3) is 0 Å². The number of fused-ring (bicyclic) bond motifs is 2. The standard InChI is InChI=1S/C30H21ClF3N3O6S2/c1-42-16-9-7-15(8-10-16)35-21(38)13-43-20-11-6-14(31)12-17(20)22-23-25(44-26-24(22)45-29(41)36-26)28(40)37(27(23)39)19-5-3-2-4-18(19)30(32,33)34/h2-12,22-23,25H,13H2,1H3,(H,35,38)(H,36,41)/t22-,23-,25+/m0/s1. The van der Waals surface area contributed by atoms with Gasteiger partial charge in [0, 0.05) is 27.1 Å². The first kappa shape index (κ1) is 30.7. The van der Waals surface area contributed by atoms with Crippen LogP contribution in [-0.2, 0) is 20.6 Å². The molecular formula is C30H21ClF3N3O6S2. The molecule has 3 aromatic carbocycles. The number of thioether (sulfide) groups is 1. The summed E-state index contributed by atoms with van der Waals surface area (Å²) in [6.45, 7) is -0.454. The monoisotopic (exact) mass is 675 g/mol. The van der Waals surface area contributed by atoms with Gasteiger partial charge in [0.2, 0.25) is 11.8 Å². The Labute approximate surface area is 266 Å². The van der Waals surface area contributed by atoms with Gasteiger partial charge in [-0.25, -0.2) is 4.90 Å². The zero-order valence-corrected chi connectivity index (χ0v) is 25.4. The Morgan fingerprint density at radius 2 is 1.78 bits per heavy atom. The predicted molar refractivity (Wildman–Crippen MR) is 162 cm³/mol. The molecule has 0 bridgehead atoms. The van der Waals surface area contributed by atoms with Crippen LogP contribution in [0.5, 0.6) is 11.5 Å². The Morgan fingerprint density at radius 3 is 2.49 bits per heavy atom. The number of nitrogens with one attached hydrogen (secondary N) is 2. The number of amides is 3. The molecule has 15 heteroatoms. The van der Waals surface area contributed by atoms with E-state index < -0.39 is 63.7 Å². The topological polar surface area (TPSA) is 118 Å². The minimum Gasteiger partial charge on any atom is -0.497 e. The highest BCUT2D eigenvalue weighted by atomic mass is 35.5. The van der Waals surface area contributed by atoms with Gasteiger partial charge in [-0.05, 0) is 54.6 Å². The lowest BCUT2D eigenvalue weighted by Gasteiger charge is -2.31. The molecule has 9 nitrogen and oxygen atoms in total. The van der Waals surface area contributed by atoms with Crippen molar-refractivity contribution < 1.29 is 37.0 Å². The van der Waals surface area contributed by atoms with Crippen molar-refractivity contribution in [1.29, 1.82) is 0 Å². The van der Waals surface area contributed by atoms with Gasteiger partial charge < -0.3 is 19.8 Å². The van der Waals surface area contributed by atoms with Crippen LogP contribution in [-0.4, -0.2) is 41.7 Å². The van der Waals surface area contributed by atoms with Crippen molar-refractivity contribution in [3.05, 3.63) is 97.4 Å². The van der Waals surface area contributed by atoms with Gasteiger partial charge in [-0.15, -0.1) is 0 Å². The second kappa shape index (κ2) is 11.9. The molecule has 1 aromatic heterocycles. The van der Waals surface area contributed by atoms with Crippen molar-refractivity contribution in [1.82, 2.24) is 4.98 Å². The van der Waals surface area contributed by atoms with Crippen LogP contribution in [0.3, 0.4) is 0 Å². The maximum atomic E-state index is 14.0. The van der Waals surface area contributed by atoms with Crippen molar-refractivity contribution in [3.63, 3.8) is 0 Å². The summed E-state index contributed by atoms with van der Waals surface area (Å²) >= 11 is 8.09. The molecule has 0 spiro atoms. The molecule has 4 aromatic rings. The lowest BCUT2D eigenvalue weighted by Crippen LogP contribution is -2.33. The fourth-order valence-corrected chi connectivity index (χ4v) is 8.09. The van der Waals surface area contributed by atoms with E-state index in [2.05, 4.69) is 10.3 Å². The zero-order valence-electron chi connectivity index (χ0n) is 23.0. The van der Waals surface area contributed by atoms with Crippen LogP contribution in [0.2, 0.25) is 5.02 Å². The first-order chi connectivity index (χ1) is 21.5. The lowest BCUT2D eigenvalue weighted by atomic mass is 9.82. The number of aromatic nitrogens is 1. The van der Waals surface area contributed by atoms with Crippen molar-refractivity contribution in [3.8, 4) is 11.5 Å². The Hall–Kier alpha value is -4.27. The number of carbonyl (C=O) groups excluding carboxylic acids is 3. The predicted octanol–water partition coefficient (Wildman–Crippen LogP) is 5.93. The molecule has 2 N–H and O–H groups in total. The summed E-state index contributed by atoms with van der Waals surface area (Å²) in [5.74, 6) is -3.70. The van der Waals surface area contributed by atoms with E-state index in [1.54, 1.807) is 24.3 Å². The van der Waals surface area contributed by atoms with E-state index in [0.29, 0.717) is 31.8 Å². The number of para-hydroxylation sites is 1. The molecule has 1 fully saturated rings.